The molecule has 1 aliphatic rings. The number of nitrogens with one attached hydrogen (secondary N) is 1. The van der Waals surface area contributed by atoms with Crippen LogP contribution in [0.4, 0.5) is 10.1 Å². The standard InChI is InChI=1S/C12H15N3O3.C7H7FO/c1-7-2-3-10(18-7)12(17)15-8-4-5-14-9(6-8)11(13)16;1-9-7-4-2-3-6(8)5-7/h4-7,10H,2-3H2,1H3,(H2,13,16)(H,14,15,17);2-5H,1H3. The van der Waals surface area contributed by atoms with Crippen LogP contribution in [-0.4, -0.2) is 36.1 Å². The number of primary amides is 1. The number of pyridine rings is 1. The zero-order valence-corrected chi connectivity index (χ0v) is 15.1. The number of benzene rings is 1. The highest BCUT2D eigenvalue weighted by molar-refractivity contribution is 5.96. The molecule has 2 amide bonds. The molecule has 7 nitrogen and oxygen atoms in total. The molecule has 2 atom stereocenters. The van der Waals surface area contributed by atoms with E-state index in [1.54, 1.807) is 18.2 Å². The van der Waals surface area contributed by atoms with Crippen LogP contribution in [0.2, 0.25) is 0 Å². The molecule has 2 aromatic rings. The van der Waals surface area contributed by atoms with E-state index in [0.29, 0.717) is 17.9 Å². The first-order chi connectivity index (χ1) is 12.9. The van der Waals surface area contributed by atoms with E-state index >= 15 is 0 Å². The fraction of sp³-hybridized carbons (Fsp3) is 0.316. The van der Waals surface area contributed by atoms with Gasteiger partial charge in [0.15, 0.2) is 0 Å². The van der Waals surface area contributed by atoms with E-state index in [0.717, 1.165) is 6.42 Å². The van der Waals surface area contributed by atoms with Crippen LogP contribution in [0.15, 0.2) is 42.6 Å². The van der Waals surface area contributed by atoms with Gasteiger partial charge in [0.2, 0.25) is 0 Å². The van der Waals surface area contributed by atoms with Crippen LogP contribution in [0.1, 0.15) is 30.3 Å². The van der Waals surface area contributed by atoms with Crippen LogP contribution in [0, 0.1) is 5.82 Å². The van der Waals surface area contributed by atoms with Crippen molar-refractivity contribution in [1.82, 2.24) is 4.98 Å². The van der Waals surface area contributed by atoms with Gasteiger partial charge >= 0.3 is 0 Å². The van der Waals surface area contributed by atoms with Crippen molar-refractivity contribution in [1.29, 1.82) is 0 Å². The average Bonchev–Trinajstić information content (AvgIpc) is 3.09. The second-order valence-corrected chi connectivity index (χ2v) is 5.96. The lowest BCUT2D eigenvalue weighted by molar-refractivity contribution is -0.126. The molecule has 3 rings (SSSR count). The van der Waals surface area contributed by atoms with Gasteiger partial charge in [0.05, 0.1) is 13.2 Å². The van der Waals surface area contributed by atoms with Crippen molar-refractivity contribution in [2.24, 2.45) is 5.73 Å². The smallest absolute Gasteiger partial charge is 0.267 e. The van der Waals surface area contributed by atoms with Crippen molar-refractivity contribution in [2.45, 2.75) is 32.0 Å². The first kappa shape index (κ1) is 20.3. The number of hydrogen-bond acceptors (Lipinski definition) is 5. The monoisotopic (exact) mass is 375 g/mol. The normalized spacial score (nSPS) is 18.2. The summed E-state index contributed by atoms with van der Waals surface area (Å²) in [6.45, 7) is 1.94. The lowest BCUT2D eigenvalue weighted by Gasteiger charge is -2.11. The Balaban J connectivity index is 0.000000244. The molecule has 3 N–H and O–H groups in total. The molecule has 144 valence electrons. The van der Waals surface area contributed by atoms with Crippen molar-refractivity contribution in [3.05, 3.63) is 54.1 Å². The molecule has 0 aliphatic carbocycles. The number of aromatic nitrogens is 1. The van der Waals surface area contributed by atoms with Crippen LogP contribution in [0.25, 0.3) is 0 Å². The highest BCUT2D eigenvalue weighted by Crippen LogP contribution is 2.20. The maximum atomic E-state index is 12.3. The lowest BCUT2D eigenvalue weighted by atomic mass is 10.2. The van der Waals surface area contributed by atoms with Crippen molar-refractivity contribution in [2.75, 3.05) is 12.4 Å². The van der Waals surface area contributed by atoms with Gasteiger partial charge in [-0.25, -0.2) is 4.39 Å². The number of nitrogens with two attached hydrogens (primary N) is 1. The first-order valence-corrected chi connectivity index (χ1v) is 8.40. The Hall–Kier alpha value is -3.00. The predicted octanol–water partition coefficient (Wildman–Crippen LogP) is 2.52. The maximum Gasteiger partial charge on any atom is 0.267 e. The van der Waals surface area contributed by atoms with Crippen molar-refractivity contribution in [3.8, 4) is 5.75 Å². The quantitative estimate of drug-likeness (QED) is 0.855. The van der Waals surface area contributed by atoms with E-state index in [-0.39, 0.29) is 23.5 Å². The van der Waals surface area contributed by atoms with Crippen LogP contribution in [-0.2, 0) is 9.53 Å². The van der Waals surface area contributed by atoms with Gasteiger partial charge in [-0.1, -0.05) is 6.07 Å². The van der Waals surface area contributed by atoms with E-state index < -0.39 is 12.0 Å². The molecule has 0 saturated carbocycles. The molecule has 1 aromatic heterocycles. The number of carbonyl (C=O) groups is 2. The topological polar surface area (TPSA) is 104 Å². The fourth-order valence-electron chi connectivity index (χ4n) is 2.46. The van der Waals surface area contributed by atoms with E-state index in [2.05, 4.69) is 10.3 Å². The van der Waals surface area contributed by atoms with E-state index in [1.165, 1.54) is 31.5 Å². The van der Waals surface area contributed by atoms with Crippen molar-refractivity contribution in [3.63, 3.8) is 0 Å². The van der Waals surface area contributed by atoms with Crippen LogP contribution >= 0.6 is 0 Å². The Bertz CT molecular complexity index is 800. The molecule has 2 heterocycles. The van der Waals surface area contributed by atoms with Crippen LogP contribution in [0.5, 0.6) is 5.75 Å². The highest BCUT2D eigenvalue weighted by Gasteiger charge is 2.28. The number of ether oxygens (including phenoxy) is 2. The minimum atomic E-state index is -0.628. The molecule has 0 bridgehead atoms. The SMILES string of the molecule is CC1CCC(C(=O)Nc2ccnc(C(N)=O)c2)O1.COc1cccc(F)c1. The number of methoxy groups -OCH3 is 1. The van der Waals surface area contributed by atoms with Gasteiger partial charge in [-0.3, -0.25) is 14.6 Å². The number of halogens is 1. The van der Waals surface area contributed by atoms with Gasteiger partial charge in [0.1, 0.15) is 23.4 Å². The lowest BCUT2D eigenvalue weighted by Crippen LogP contribution is -2.28. The highest BCUT2D eigenvalue weighted by atomic mass is 19.1. The molecule has 1 saturated heterocycles. The molecule has 8 heteroatoms. The summed E-state index contributed by atoms with van der Waals surface area (Å²) in [5.41, 5.74) is 5.73. The molecule has 2 unspecified atom stereocenters. The molecular formula is C19H22FN3O4. The Kier molecular flexibility index (Phi) is 7.25. The molecular weight excluding hydrogens is 353 g/mol. The summed E-state index contributed by atoms with van der Waals surface area (Å²) < 4.78 is 22.5. The summed E-state index contributed by atoms with van der Waals surface area (Å²) in [4.78, 5) is 26.6. The average molecular weight is 375 g/mol. The summed E-state index contributed by atoms with van der Waals surface area (Å²) in [6.07, 6.45) is 2.69. The van der Waals surface area contributed by atoms with E-state index in [1.807, 2.05) is 6.92 Å². The third-order valence-corrected chi connectivity index (χ3v) is 3.84. The molecule has 1 fully saturated rings. The molecule has 1 aromatic carbocycles. The second-order valence-electron chi connectivity index (χ2n) is 5.96. The van der Waals surface area contributed by atoms with E-state index in [4.69, 9.17) is 15.2 Å². The van der Waals surface area contributed by atoms with Gasteiger partial charge in [0, 0.05) is 18.0 Å². The summed E-state index contributed by atoms with van der Waals surface area (Å²) in [6, 6.07) is 9.06. The summed E-state index contributed by atoms with van der Waals surface area (Å²) in [5, 5.41) is 2.69. The van der Waals surface area contributed by atoms with Crippen LogP contribution in [0.3, 0.4) is 0 Å². The summed E-state index contributed by atoms with van der Waals surface area (Å²) in [5.74, 6) is -0.554. The predicted molar refractivity (Wildman–Crippen MR) is 97.9 cm³/mol. The van der Waals surface area contributed by atoms with E-state index in [9.17, 15) is 14.0 Å². The zero-order chi connectivity index (χ0) is 19.8. The number of carbonyl (C=O) groups excluding carboxylic acids is 2. The van der Waals surface area contributed by atoms with Gasteiger partial charge < -0.3 is 20.5 Å². The van der Waals surface area contributed by atoms with Gasteiger partial charge in [-0.15, -0.1) is 0 Å². The molecule has 1 aliphatic heterocycles. The maximum absolute atomic E-state index is 12.3. The third-order valence-electron chi connectivity index (χ3n) is 3.84. The molecule has 0 spiro atoms. The van der Waals surface area contributed by atoms with Crippen LogP contribution < -0.4 is 15.8 Å². The number of hydrogen-bond donors (Lipinski definition) is 2. The number of amides is 2. The number of nitrogens with zero attached hydrogens (tertiary/aromatic N) is 1. The van der Waals surface area contributed by atoms with Gasteiger partial charge in [-0.2, -0.15) is 0 Å². The number of rotatable bonds is 4. The number of anilines is 1. The second kappa shape index (κ2) is 9.63. The van der Waals surface area contributed by atoms with Gasteiger partial charge in [-0.05, 0) is 44.0 Å². The zero-order valence-electron chi connectivity index (χ0n) is 15.1. The van der Waals surface area contributed by atoms with Crippen molar-refractivity contribution >= 4 is 17.5 Å². The minimum absolute atomic E-state index is 0.111. The summed E-state index contributed by atoms with van der Waals surface area (Å²) >= 11 is 0. The Morgan fingerprint density at radius 1 is 1.30 bits per heavy atom. The third kappa shape index (κ3) is 6.34. The Morgan fingerprint density at radius 2 is 2.07 bits per heavy atom. The Morgan fingerprint density at radius 3 is 2.63 bits per heavy atom. The largest absolute Gasteiger partial charge is 0.497 e. The summed E-state index contributed by atoms with van der Waals surface area (Å²) in [7, 11) is 1.51. The first-order valence-electron chi connectivity index (χ1n) is 8.40. The Labute approximate surface area is 156 Å². The molecule has 27 heavy (non-hydrogen) atoms. The van der Waals surface area contributed by atoms with Crippen molar-refractivity contribution < 1.29 is 23.5 Å². The molecule has 0 radical (unpaired) electrons. The fourth-order valence-corrected chi connectivity index (χ4v) is 2.46. The minimum Gasteiger partial charge on any atom is -0.497 e. The van der Waals surface area contributed by atoms with Gasteiger partial charge in [0.25, 0.3) is 11.8 Å².